The van der Waals surface area contributed by atoms with Gasteiger partial charge in [-0.3, -0.25) is 5.10 Å². The lowest BCUT2D eigenvalue weighted by atomic mass is 10.2. The highest BCUT2D eigenvalue weighted by Gasteiger charge is 2.17. The molecule has 0 aromatic carbocycles. The summed E-state index contributed by atoms with van der Waals surface area (Å²) < 4.78 is 27.3. The zero-order valence-corrected chi connectivity index (χ0v) is 12.8. The number of nitrogens with zero attached hydrogens (tertiary/aromatic N) is 1. The molecule has 0 amide bonds. The zero-order valence-electron chi connectivity index (χ0n) is 11.1. The summed E-state index contributed by atoms with van der Waals surface area (Å²) in [4.78, 5) is 1.07. The standard InChI is InChI=1S/C12H17N3O2S2/c1-4-10-5-6-12(18-10)19(16,17)13-7-11-8(2)14-15-9(11)3/h5-6,13H,4,7H2,1-3H3,(H,14,15). The number of aryl methyl sites for hydroxylation is 3. The van der Waals surface area contributed by atoms with E-state index in [-0.39, 0.29) is 6.54 Å². The third-order valence-corrected chi connectivity index (χ3v) is 6.09. The Morgan fingerprint density at radius 3 is 2.63 bits per heavy atom. The van der Waals surface area contributed by atoms with Crippen LogP contribution in [0.25, 0.3) is 0 Å². The SMILES string of the molecule is CCc1ccc(S(=O)(=O)NCc2c(C)n[nH]c2C)s1. The van der Waals surface area contributed by atoms with Crippen molar-refractivity contribution in [3.05, 3.63) is 34.0 Å². The summed E-state index contributed by atoms with van der Waals surface area (Å²) in [7, 11) is -3.43. The Kier molecular flexibility index (Phi) is 4.07. The van der Waals surface area contributed by atoms with Gasteiger partial charge in [0.25, 0.3) is 0 Å². The molecule has 0 bridgehead atoms. The molecule has 2 aromatic rings. The molecule has 0 saturated carbocycles. The van der Waals surface area contributed by atoms with Crippen LogP contribution in [0.15, 0.2) is 16.3 Å². The van der Waals surface area contributed by atoms with E-state index in [0.29, 0.717) is 4.21 Å². The molecule has 2 aromatic heterocycles. The van der Waals surface area contributed by atoms with Crippen LogP contribution in [-0.2, 0) is 23.0 Å². The highest BCUT2D eigenvalue weighted by atomic mass is 32.2. The van der Waals surface area contributed by atoms with Crippen LogP contribution in [0.5, 0.6) is 0 Å². The van der Waals surface area contributed by atoms with E-state index in [1.807, 2.05) is 26.8 Å². The summed E-state index contributed by atoms with van der Waals surface area (Å²) in [5, 5.41) is 6.89. The number of H-pyrrole nitrogens is 1. The Labute approximate surface area is 117 Å². The number of aromatic amines is 1. The maximum Gasteiger partial charge on any atom is 0.250 e. The molecule has 0 aliphatic carbocycles. The first kappa shape index (κ1) is 14.2. The van der Waals surface area contributed by atoms with E-state index < -0.39 is 10.0 Å². The predicted molar refractivity (Wildman–Crippen MR) is 75.8 cm³/mol. The number of thiophene rings is 1. The molecule has 0 aliphatic rings. The lowest BCUT2D eigenvalue weighted by Crippen LogP contribution is -2.22. The van der Waals surface area contributed by atoms with E-state index in [2.05, 4.69) is 14.9 Å². The van der Waals surface area contributed by atoms with Crippen LogP contribution >= 0.6 is 11.3 Å². The van der Waals surface area contributed by atoms with Crippen molar-refractivity contribution in [2.24, 2.45) is 0 Å². The Morgan fingerprint density at radius 2 is 2.11 bits per heavy atom. The summed E-state index contributed by atoms with van der Waals surface area (Å²) >= 11 is 1.31. The van der Waals surface area contributed by atoms with E-state index in [9.17, 15) is 8.42 Å². The Hall–Kier alpha value is -1.18. The molecule has 0 unspecified atom stereocenters. The van der Waals surface area contributed by atoms with E-state index in [1.165, 1.54) is 11.3 Å². The average Bonchev–Trinajstić information content (AvgIpc) is 2.96. The van der Waals surface area contributed by atoms with Gasteiger partial charge < -0.3 is 0 Å². The molecular formula is C12H17N3O2S2. The largest absolute Gasteiger partial charge is 0.282 e. The maximum absolute atomic E-state index is 12.1. The van der Waals surface area contributed by atoms with Crippen LogP contribution < -0.4 is 4.72 Å². The molecule has 2 N–H and O–H groups in total. The van der Waals surface area contributed by atoms with Gasteiger partial charge in [-0.15, -0.1) is 11.3 Å². The smallest absolute Gasteiger partial charge is 0.250 e. The minimum Gasteiger partial charge on any atom is -0.282 e. The normalized spacial score (nSPS) is 11.9. The van der Waals surface area contributed by atoms with Gasteiger partial charge in [-0.2, -0.15) is 5.10 Å². The van der Waals surface area contributed by atoms with Gasteiger partial charge in [0.2, 0.25) is 10.0 Å². The van der Waals surface area contributed by atoms with Gasteiger partial charge in [0.15, 0.2) is 0 Å². The molecule has 0 radical (unpaired) electrons. The van der Waals surface area contributed by atoms with Gasteiger partial charge >= 0.3 is 0 Å². The average molecular weight is 299 g/mol. The molecule has 104 valence electrons. The summed E-state index contributed by atoms with van der Waals surface area (Å²) in [6.45, 7) is 6.00. The van der Waals surface area contributed by atoms with Crippen LogP contribution in [0.1, 0.15) is 28.8 Å². The molecule has 0 fully saturated rings. The fraction of sp³-hybridized carbons (Fsp3) is 0.417. The van der Waals surface area contributed by atoms with Crippen LogP contribution in [0.3, 0.4) is 0 Å². The minimum absolute atomic E-state index is 0.260. The van der Waals surface area contributed by atoms with Crippen molar-refractivity contribution in [2.45, 2.75) is 37.9 Å². The molecule has 0 atom stereocenters. The number of hydrogen-bond acceptors (Lipinski definition) is 4. The van der Waals surface area contributed by atoms with E-state index in [0.717, 1.165) is 28.2 Å². The Morgan fingerprint density at radius 1 is 1.37 bits per heavy atom. The first-order valence-corrected chi connectivity index (χ1v) is 8.33. The highest BCUT2D eigenvalue weighted by Crippen LogP contribution is 2.22. The molecule has 2 heterocycles. The minimum atomic E-state index is -3.43. The first-order chi connectivity index (χ1) is 8.94. The van der Waals surface area contributed by atoms with E-state index in [4.69, 9.17) is 0 Å². The second-order valence-electron chi connectivity index (χ2n) is 4.31. The molecule has 7 heteroatoms. The van der Waals surface area contributed by atoms with E-state index in [1.54, 1.807) is 6.07 Å². The molecule has 0 aliphatic heterocycles. The lowest BCUT2D eigenvalue weighted by molar-refractivity contribution is 0.583. The predicted octanol–water partition coefficient (Wildman–Crippen LogP) is 2.13. The fourth-order valence-corrected chi connectivity index (χ4v) is 4.10. The quantitative estimate of drug-likeness (QED) is 0.888. The summed E-state index contributed by atoms with van der Waals surface area (Å²) in [6, 6.07) is 3.51. The molecule has 2 rings (SSSR count). The summed E-state index contributed by atoms with van der Waals surface area (Å²) in [5.41, 5.74) is 2.61. The Balaban J connectivity index is 2.14. The van der Waals surface area contributed by atoms with Gasteiger partial charge in [0.1, 0.15) is 4.21 Å². The van der Waals surface area contributed by atoms with Crippen molar-refractivity contribution in [1.82, 2.24) is 14.9 Å². The van der Waals surface area contributed by atoms with Crippen molar-refractivity contribution >= 4 is 21.4 Å². The number of nitrogens with one attached hydrogen (secondary N) is 2. The van der Waals surface area contributed by atoms with Crippen molar-refractivity contribution in [3.8, 4) is 0 Å². The van der Waals surface area contributed by atoms with Crippen LogP contribution in [0.4, 0.5) is 0 Å². The van der Waals surface area contributed by atoms with Gasteiger partial charge in [-0.1, -0.05) is 6.92 Å². The van der Waals surface area contributed by atoms with Crippen molar-refractivity contribution < 1.29 is 8.42 Å². The van der Waals surface area contributed by atoms with Crippen molar-refractivity contribution in [1.29, 1.82) is 0 Å². The number of hydrogen-bond donors (Lipinski definition) is 2. The molecule has 0 saturated heterocycles. The van der Waals surface area contributed by atoms with Crippen LogP contribution in [0.2, 0.25) is 0 Å². The second kappa shape index (κ2) is 5.44. The summed E-state index contributed by atoms with van der Waals surface area (Å²) in [5.74, 6) is 0. The number of aromatic nitrogens is 2. The third-order valence-electron chi connectivity index (χ3n) is 2.97. The van der Waals surface area contributed by atoms with Crippen molar-refractivity contribution in [2.75, 3.05) is 0 Å². The molecule has 19 heavy (non-hydrogen) atoms. The monoisotopic (exact) mass is 299 g/mol. The molecular weight excluding hydrogens is 282 g/mol. The van der Waals surface area contributed by atoms with Crippen LogP contribution in [-0.4, -0.2) is 18.6 Å². The fourth-order valence-electron chi connectivity index (χ4n) is 1.77. The van der Waals surface area contributed by atoms with Gasteiger partial charge in [0, 0.05) is 22.7 Å². The molecule has 0 spiro atoms. The first-order valence-electron chi connectivity index (χ1n) is 6.03. The third kappa shape index (κ3) is 3.05. The van der Waals surface area contributed by atoms with Gasteiger partial charge in [-0.25, -0.2) is 13.1 Å². The lowest BCUT2D eigenvalue weighted by Gasteiger charge is -2.04. The molecule has 5 nitrogen and oxygen atoms in total. The van der Waals surface area contributed by atoms with E-state index >= 15 is 0 Å². The maximum atomic E-state index is 12.1. The number of rotatable bonds is 5. The summed E-state index contributed by atoms with van der Waals surface area (Å²) in [6.07, 6.45) is 0.847. The van der Waals surface area contributed by atoms with Crippen molar-refractivity contribution in [3.63, 3.8) is 0 Å². The van der Waals surface area contributed by atoms with Gasteiger partial charge in [0.05, 0.1) is 5.69 Å². The second-order valence-corrected chi connectivity index (χ2v) is 7.47. The van der Waals surface area contributed by atoms with Gasteiger partial charge in [-0.05, 0) is 32.4 Å². The highest BCUT2D eigenvalue weighted by molar-refractivity contribution is 7.91. The van der Waals surface area contributed by atoms with Crippen LogP contribution in [0, 0.1) is 13.8 Å². The Bertz CT molecular complexity index is 651. The topological polar surface area (TPSA) is 74.8 Å². The number of sulfonamides is 1. The zero-order chi connectivity index (χ0) is 14.0.